The van der Waals surface area contributed by atoms with Crippen LogP contribution in [0.4, 0.5) is 5.82 Å². The summed E-state index contributed by atoms with van der Waals surface area (Å²) in [6.07, 6.45) is 3.16. The summed E-state index contributed by atoms with van der Waals surface area (Å²) in [5, 5.41) is 1.04. The summed E-state index contributed by atoms with van der Waals surface area (Å²) in [7, 11) is -3.42. The number of morpholine rings is 1. The van der Waals surface area contributed by atoms with Crippen LogP contribution in [0.5, 0.6) is 0 Å². The summed E-state index contributed by atoms with van der Waals surface area (Å²) in [5.41, 5.74) is 2.83. The van der Waals surface area contributed by atoms with Crippen LogP contribution in [0, 0.1) is 0 Å². The number of ether oxygens (including phenoxy) is 1. The van der Waals surface area contributed by atoms with Gasteiger partial charge in [0.15, 0.2) is 5.82 Å². The third-order valence-corrected chi connectivity index (χ3v) is 7.75. The van der Waals surface area contributed by atoms with E-state index in [0.29, 0.717) is 25.6 Å². The highest BCUT2D eigenvalue weighted by Gasteiger charge is 2.46. The SMILES string of the molecule is C[C@@H]1COCCN1c1nc(-c2cccc3[nH]ccc23)nc2c1CN(S(C)(=O)=O)C2(C)C. The number of hydrogen-bond donors (Lipinski definition) is 1. The highest BCUT2D eigenvalue weighted by Crippen LogP contribution is 2.44. The van der Waals surface area contributed by atoms with Gasteiger partial charge in [-0.3, -0.25) is 0 Å². The van der Waals surface area contributed by atoms with Crippen LogP contribution in [0.25, 0.3) is 22.3 Å². The molecule has 0 aliphatic carbocycles. The third kappa shape index (κ3) is 3.22. The van der Waals surface area contributed by atoms with Gasteiger partial charge in [0.05, 0.1) is 36.7 Å². The Kier molecular flexibility index (Phi) is 4.62. The molecule has 0 bridgehead atoms. The van der Waals surface area contributed by atoms with Gasteiger partial charge in [0.2, 0.25) is 10.0 Å². The number of H-pyrrole nitrogens is 1. The molecule has 4 heterocycles. The van der Waals surface area contributed by atoms with Crippen molar-refractivity contribution in [2.45, 2.75) is 38.9 Å². The maximum absolute atomic E-state index is 12.6. The second kappa shape index (κ2) is 7.01. The summed E-state index contributed by atoms with van der Waals surface area (Å²) in [6.45, 7) is 8.15. The fourth-order valence-corrected chi connectivity index (χ4v) is 6.07. The van der Waals surface area contributed by atoms with Crippen molar-refractivity contribution in [3.05, 3.63) is 41.7 Å². The minimum absolute atomic E-state index is 0.138. The Hall–Kier alpha value is -2.49. The van der Waals surface area contributed by atoms with Gasteiger partial charge < -0.3 is 14.6 Å². The lowest BCUT2D eigenvalue weighted by atomic mass is 10.00. The zero-order valence-electron chi connectivity index (χ0n) is 18.2. The Morgan fingerprint density at radius 1 is 1.23 bits per heavy atom. The Morgan fingerprint density at radius 3 is 2.77 bits per heavy atom. The molecule has 0 spiro atoms. The Labute approximate surface area is 182 Å². The average Bonchev–Trinajstić information content (AvgIpc) is 3.30. The van der Waals surface area contributed by atoms with Crippen LogP contribution in [0.3, 0.4) is 0 Å². The van der Waals surface area contributed by atoms with Crippen LogP contribution in [-0.2, 0) is 26.8 Å². The van der Waals surface area contributed by atoms with E-state index in [1.54, 1.807) is 0 Å². The van der Waals surface area contributed by atoms with Gasteiger partial charge in [-0.2, -0.15) is 4.31 Å². The number of hydrogen-bond acceptors (Lipinski definition) is 6. The molecule has 1 fully saturated rings. The lowest BCUT2D eigenvalue weighted by Gasteiger charge is -2.35. The normalized spacial score (nSPS) is 21.5. The van der Waals surface area contributed by atoms with Gasteiger partial charge >= 0.3 is 0 Å². The lowest BCUT2D eigenvalue weighted by molar-refractivity contribution is 0.0984. The molecule has 9 heteroatoms. The predicted molar refractivity (Wildman–Crippen MR) is 120 cm³/mol. The van der Waals surface area contributed by atoms with Crippen LogP contribution in [0.1, 0.15) is 32.0 Å². The monoisotopic (exact) mass is 441 g/mol. The highest BCUT2D eigenvalue weighted by atomic mass is 32.2. The minimum atomic E-state index is -3.42. The standard InChI is InChI=1S/C22H27N5O3S/c1-14-13-30-11-10-26(14)21-17-12-27(31(4,28)29)22(2,3)19(17)24-20(25-21)16-6-5-7-18-15(16)8-9-23-18/h5-9,14,23H,10-13H2,1-4H3/t14-/m1/s1. The molecule has 0 unspecified atom stereocenters. The topological polar surface area (TPSA) is 91.4 Å². The summed E-state index contributed by atoms with van der Waals surface area (Å²) >= 11 is 0. The highest BCUT2D eigenvalue weighted by molar-refractivity contribution is 7.88. The van der Waals surface area contributed by atoms with Crippen LogP contribution in [-0.4, -0.2) is 59.7 Å². The number of sulfonamides is 1. The number of nitrogens with zero attached hydrogens (tertiary/aromatic N) is 4. The van der Waals surface area contributed by atoms with E-state index >= 15 is 0 Å². The zero-order chi connectivity index (χ0) is 22.0. The molecule has 31 heavy (non-hydrogen) atoms. The van der Waals surface area contributed by atoms with Crippen LogP contribution in [0.15, 0.2) is 30.5 Å². The fourth-order valence-electron chi connectivity index (χ4n) is 4.80. The number of anilines is 1. The number of nitrogens with one attached hydrogen (secondary N) is 1. The molecule has 1 saturated heterocycles. The molecular weight excluding hydrogens is 414 g/mol. The maximum Gasteiger partial charge on any atom is 0.212 e. The van der Waals surface area contributed by atoms with Crippen molar-refractivity contribution < 1.29 is 13.2 Å². The Bertz CT molecular complexity index is 1270. The van der Waals surface area contributed by atoms with E-state index in [1.807, 2.05) is 44.3 Å². The molecule has 8 nitrogen and oxygen atoms in total. The average molecular weight is 442 g/mol. The largest absolute Gasteiger partial charge is 0.377 e. The van der Waals surface area contributed by atoms with Crippen LogP contribution >= 0.6 is 0 Å². The van der Waals surface area contributed by atoms with E-state index in [9.17, 15) is 8.42 Å². The van der Waals surface area contributed by atoms with Crippen molar-refractivity contribution in [3.63, 3.8) is 0 Å². The van der Waals surface area contributed by atoms with E-state index < -0.39 is 15.6 Å². The molecule has 1 N–H and O–H groups in total. The molecular formula is C22H27N5O3S. The molecule has 164 valence electrons. The molecule has 0 saturated carbocycles. The van der Waals surface area contributed by atoms with E-state index in [4.69, 9.17) is 14.7 Å². The molecule has 0 radical (unpaired) electrons. The maximum atomic E-state index is 12.6. The molecule has 3 aromatic rings. The second-order valence-electron chi connectivity index (χ2n) is 8.89. The molecule has 0 amide bonds. The third-order valence-electron chi connectivity index (χ3n) is 6.37. The van der Waals surface area contributed by atoms with Crippen LogP contribution < -0.4 is 4.90 Å². The second-order valence-corrected chi connectivity index (χ2v) is 10.8. The Morgan fingerprint density at radius 2 is 2.03 bits per heavy atom. The molecule has 1 aromatic carbocycles. The van der Waals surface area contributed by atoms with Crippen molar-refractivity contribution in [1.29, 1.82) is 0 Å². The number of fused-ring (bicyclic) bond motifs is 2. The first-order valence-electron chi connectivity index (χ1n) is 10.5. The van der Waals surface area contributed by atoms with Gasteiger partial charge in [-0.05, 0) is 32.9 Å². The summed E-state index contributed by atoms with van der Waals surface area (Å²) in [5.74, 6) is 1.42. The minimum Gasteiger partial charge on any atom is -0.377 e. The smallest absolute Gasteiger partial charge is 0.212 e. The molecule has 2 aliphatic heterocycles. The Balaban J connectivity index is 1.76. The fraction of sp³-hybridized carbons (Fsp3) is 0.455. The van der Waals surface area contributed by atoms with Crippen molar-refractivity contribution >= 4 is 26.7 Å². The van der Waals surface area contributed by atoms with Crippen molar-refractivity contribution in [1.82, 2.24) is 19.3 Å². The van der Waals surface area contributed by atoms with E-state index in [2.05, 4.69) is 16.8 Å². The number of rotatable bonds is 3. The predicted octanol–water partition coefficient (Wildman–Crippen LogP) is 2.86. The summed E-state index contributed by atoms with van der Waals surface area (Å²) in [6, 6.07) is 8.17. The number of aromatic nitrogens is 3. The first-order valence-corrected chi connectivity index (χ1v) is 12.3. The van der Waals surface area contributed by atoms with Gasteiger partial charge in [0, 0.05) is 41.3 Å². The molecule has 1 atom stereocenters. The van der Waals surface area contributed by atoms with Gasteiger partial charge in [-0.15, -0.1) is 0 Å². The number of aromatic amines is 1. The molecule has 2 aromatic heterocycles. The van der Waals surface area contributed by atoms with Crippen molar-refractivity contribution in [2.75, 3.05) is 30.9 Å². The lowest BCUT2D eigenvalue weighted by Crippen LogP contribution is -2.44. The quantitative estimate of drug-likeness (QED) is 0.672. The zero-order valence-corrected chi connectivity index (χ0v) is 19.0. The summed E-state index contributed by atoms with van der Waals surface area (Å²) < 4.78 is 32.4. The molecule has 2 aliphatic rings. The number of benzene rings is 1. The molecule has 5 rings (SSSR count). The van der Waals surface area contributed by atoms with E-state index in [-0.39, 0.29) is 12.6 Å². The van der Waals surface area contributed by atoms with Gasteiger partial charge in [0.25, 0.3) is 0 Å². The van der Waals surface area contributed by atoms with E-state index in [1.165, 1.54) is 10.6 Å². The van der Waals surface area contributed by atoms with Crippen molar-refractivity contribution in [2.24, 2.45) is 0 Å². The van der Waals surface area contributed by atoms with Gasteiger partial charge in [-0.1, -0.05) is 12.1 Å². The van der Waals surface area contributed by atoms with Crippen molar-refractivity contribution in [3.8, 4) is 11.4 Å². The van der Waals surface area contributed by atoms with Crippen LogP contribution in [0.2, 0.25) is 0 Å². The van der Waals surface area contributed by atoms with E-state index in [0.717, 1.165) is 33.5 Å². The first-order chi connectivity index (χ1) is 14.7. The first kappa shape index (κ1) is 20.4. The summed E-state index contributed by atoms with van der Waals surface area (Å²) in [4.78, 5) is 15.5. The van der Waals surface area contributed by atoms with Gasteiger partial charge in [-0.25, -0.2) is 18.4 Å². The van der Waals surface area contributed by atoms with Gasteiger partial charge in [0.1, 0.15) is 5.82 Å².